The summed E-state index contributed by atoms with van der Waals surface area (Å²) in [6, 6.07) is 7.23. The van der Waals surface area contributed by atoms with E-state index in [9.17, 15) is 9.90 Å². The second kappa shape index (κ2) is 12.0. The maximum atomic E-state index is 10.5. The maximum Gasteiger partial charge on any atom is 0.303 e. The Kier molecular flexibility index (Phi) is 9.71. The molecule has 1 saturated carbocycles. The van der Waals surface area contributed by atoms with Crippen LogP contribution in [-0.2, 0) is 4.79 Å². The third-order valence-electron chi connectivity index (χ3n) is 5.29. The van der Waals surface area contributed by atoms with E-state index in [0.29, 0.717) is 35.6 Å². The molecule has 1 aliphatic rings. The molecule has 1 aliphatic carbocycles. The number of carbonyl (C=O) groups is 1. The smallest absolute Gasteiger partial charge is 0.303 e. The van der Waals surface area contributed by atoms with Crippen molar-refractivity contribution in [2.45, 2.75) is 63.9 Å². The van der Waals surface area contributed by atoms with E-state index in [-0.39, 0.29) is 6.42 Å². The molecule has 0 aromatic heterocycles. The molecule has 0 unspecified atom stereocenters. The number of allylic oxidation sites excluding steroid dienone is 2. The van der Waals surface area contributed by atoms with Gasteiger partial charge in [-0.05, 0) is 68.6 Å². The molecule has 0 amide bonds. The van der Waals surface area contributed by atoms with Gasteiger partial charge < -0.3 is 14.9 Å². The number of ether oxygens (including phenoxy) is 1. The molecule has 150 valence electrons. The Labute approximate surface area is 167 Å². The Morgan fingerprint density at radius 1 is 1.30 bits per heavy atom. The quantitative estimate of drug-likeness (QED) is 0.364. The molecular weight excluding hydrogens is 364 g/mol. The van der Waals surface area contributed by atoms with Crippen LogP contribution in [0.2, 0.25) is 5.02 Å². The lowest BCUT2D eigenvalue weighted by atomic mass is 9.88. The Hall–Kier alpha value is -1.52. The number of hydrogen-bond donors (Lipinski definition) is 2. The van der Waals surface area contributed by atoms with Crippen LogP contribution in [0.5, 0.6) is 5.75 Å². The Balaban J connectivity index is 1.63. The van der Waals surface area contributed by atoms with Crippen molar-refractivity contribution in [2.24, 2.45) is 11.8 Å². The highest BCUT2D eigenvalue weighted by molar-refractivity contribution is 6.30. The highest BCUT2D eigenvalue weighted by Gasteiger charge is 2.26. The molecular formula is C22H31ClO4. The minimum Gasteiger partial charge on any atom is -0.491 e. The van der Waals surface area contributed by atoms with Gasteiger partial charge >= 0.3 is 5.97 Å². The van der Waals surface area contributed by atoms with Gasteiger partial charge in [0.2, 0.25) is 0 Å². The normalized spacial score (nSPS) is 20.8. The second-order valence-corrected chi connectivity index (χ2v) is 7.88. The van der Waals surface area contributed by atoms with Gasteiger partial charge in [0.05, 0.1) is 6.10 Å². The molecule has 27 heavy (non-hydrogen) atoms. The fourth-order valence-electron chi connectivity index (χ4n) is 3.80. The average Bonchev–Trinajstić information content (AvgIpc) is 3.08. The average molecular weight is 395 g/mol. The second-order valence-electron chi connectivity index (χ2n) is 7.44. The molecule has 2 rings (SSSR count). The number of aliphatic hydroxyl groups excluding tert-OH is 1. The molecule has 5 heteroatoms. The molecule has 2 N–H and O–H groups in total. The van der Waals surface area contributed by atoms with E-state index in [4.69, 9.17) is 21.4 Å². The highest BCUT2D eigenvalue weighted by Crippen LogP contribution is 2.37. The van der Waals surface area contributed by atoms with E-state index in [1.54, 1.807) is 12.1 Å². The maximum absolute atomic E-state index is 10.5. The van der Waals surface area contributed by atoms with Gasteiger partial charge in [-0.25, -0.2) is 0 Å². The fraction of sp³-hybridized carbons (Fsp3) is 0.591. The van der Waals surface area contributed by atoms with Crippen molar-refractivity contribution < 1.29 is 19.7 Å². The van der Waals surface area contributed by atoms with Gasteiger partial charge in [-0.3, -0.25) is 4.79 Å². The molecule has 4 nitrogen and oxygen atoms in total. The molecule has 0 spiro atoms. The molecule has 0 heterocycles. The van der Waals surface area contributed by atoms with E-state index in [1.165, 1.54) is 19.3 Å². The van der Waals surface area contributed by atoms with Crippen molar-refractivity contribution in [3.05, 3.63) is 41.4 Å². The zero-order valence-electron chi connectivity index (χ0n) is 15.9. The highest BCUT2D eigenvalue weighted by atomic mass is 35.5. The number of halogens is 1. The predicted molar refractivity (Wildman–Crippen MR) is 108 cm³/mol. The van der Waals surface area contributed by atoms with E-state index in [1.807, 2.05) is 12.1 Å². The lowest BCUT2D eigenvalue weighted by Gasteiger charge is -2.20. The fourth-order valence-corrected chi connectivity index (χ4v) is 3.98. The van der Waals surface area contributed by atoms with Gasteiger partial charge in [0.15, 0.2) is 0 Å². The van der Waals surface area contributed by atoms with E-state index in [0.717, 1.165) is 25.7 Å². The molecule has 0 aliphatic heterocycles. The first-order valence-corrected chi connectivity index (χ1v) is 10.4. The summed E-state index contributed by atoms with van der Waals surface area (Å²) in [6.45, 7) is 0.293. The van der Waals surface area contributed by atoms with Crippen LogP contribution >= 0.6 is 11.6 Å². The van der Waals surface area contributed by atoms with Gasteiger partial charge in [0.25, 0.3) is 0 Å². The van der Waals surface area contributed by atoms with Crippen LogP contribution in [0.1, 0.15) is 57.8 Å². The van der Waals surface area contributed by atoms with Crippen molar-refractivity contribution in [1.82, 2.24) is 0 Å². The van der Waals surface area contributed by atoms with Crippen molar-refractivity contribution in [3.8, 4) is 5.75 Å². The van der Waals surface area contributed by atoms with Crippen LogP contribution in [0.15, 0.2) is 36.4 Å². The van der Waals surface area contributed by atoms with Gasteiger partial charge in [0, 0.05) is 11.4 Å². The summed E-state index contributed by atoms with van der Waals surface area (Å²) in [6.07, 6.45) is 12.2. The summed E-state index contributed by atoms with van der Waals surface area (Å²) in [5.41, 5.74) is 0. The molecule has 3 atom stereocenters. The summed E-state index contributed by atoms with van der Waals surface area (Å²) in [5.74, 6) is 1.31. The summed E-state index contributed by atoms with van der Waals surface area (Å²) in [5, 5.41) is 19.5. The van der Waals surface area contributed by atoms with Crippen molar-refractivity contribution >= 4 is 17.6 Å². The number of benzene rings is 1. The summed E-state index contributed by atoms with van der Waals surface area (Å²) >= 11 is 5.93. The van der Waals surface area contributed by atoms with Crippen molar-refractivity contribution in [3.63, 3.8) is 0 Å². The van der Waals surface area contributed by atoms with Crippen molar-refractivity contribution in [2.75, 3.05) is 6.61 Å². The van der Waals surface area contributed by atoms with Crippen LogP contribution < -0.4 is 4.74 Å². The molecule has 1 fully saturated rings. The van der Waals surface area contributed by atoms with E-state index in [2.05, 4.69) is 12.2 Å². The molecule has 0 radical (unpaired) electrons. The number of unbranched alkanes of at least 4 members (excludes halogenated alkanes) is 1. The van der Waals surface area contributed by atoms with Gasteiger partial charge in [-0.1, -0.05) is 42.7 Å². The predicted octanol–water partition coefficient (Wildman–Crippen LogP) is 5.48. The Morgan fingerprint density at radius 2 is 2.11 bits per heavy atom. The number of aliphatic hydroxyl groups is 1. The molecule has 0 bridgehead atoms. The first-order valence-electron chi connectivity index (χ1n) is 9.98. The lowest BCUT2D eigenvalue weighted by molar-refractivity contribution is -0.137. The van der Waals surface area contributed by atoms with Gasteiger partial charge in [-0.15, -0.1) is 0 Å². The molecule has 0 saturated heterocycles. The van der Waals surface area contributed by atoms with Crippen LogP contribution in [0.3, 0.4) is 0 Å². The standard InChI is InChI=1S/C22H31ClO4/c23-19-10-6-11-21(15-19)27-16-20(24)14-13-18-9-5-8-17(18)7-3-1-2-4-12-22(25)26/h1,3,6,10-11,15,17-18,20,24H,2,4-5,7-9,12-14,16H2,(H,25,26)/b3-1-/t17-,18+,20-/m0/s1. The third kappa shape index (κ3) is 8.81. The topological polar surface area (TPSA) is 66.8 Å². The summed E-state index contributed by atoms with van der Waals surface area (Å²) in [7, 11) is 0. The molecule has 1 aromatic rings. The Morgan fingerprint density at radius 3 is 2.89 bits per heavy atom. The first kappa shape index (κ1) is 21.8. The van der Waals surface area contributed by atoms with E-state index < -0.39 is 12.1 Å². The minimum absolute atomic E-state index is 0.242. The van der Waals surface area contributed by atoms with Crippen LogP contribution in [0, 0.1) is 11.8 Å². The summed E-state index contributed by atoms with van der Waals surface area (Å²) in [4.78, 5) is 10.5. The number of hydrogen-bond acceptors (Lipinski definition) is 3. The number of rotatable bonds is 12. The van der Waals surface area contributed by atoms with Gasteiger partial charge in [-0.2, -0.15) is 0 Å². The van der Waals surface area contributed by atoms with Crippen molar-refractivity contribution in [1.29, 1.82) is 0 Å². The zero-order chi connectivity index (χ0) is 19.5. The lowest BCUT2D eigenvalue weighted by Crippen LogP contribution is -2.19. The van der Waals surface area contributed by atoms with Crippen LogP contribution in [-0.4, -0.2) is 28.9 Å². The van der Waals surface area contributed by atoms with E-state index >= 15 is 0 Å². The largest absolute Gasteiger partial charge is 0.491 e. The zero-order valence-corrected chi connectivity index (χ0v) is 16.6. The van der Waals surface area contributed by atoms with Crippen LogP contribution in [0.25, 0.3) is 0 Å². The SMILES string of the molecule is O=C(O)CCC/C=C\C[C@H]1CCC[C@@H]1CC[C@H](O)COc1cccc(Cl)c1. The minimum atomic E-state index is -0.725. The summed E-state index contributed by atoms with van der Waals surface area (Å²) < 4.78 is 5.62. The number of aliphatic carboxylic acids is 1. The van der Waals surface area contributed by atoms with Gasteiger partial charge in [0.1, 0.15) is 12.4 Å². The number of carboxylic acids is 1. The molecule has 1 aromatic carbocycles. The van der Waals surface area contributed by atoms with Crippen LogP contribution in [0.4, 0.5) is 0 Å². The third-order valence-corrected chi connectivity index (χ3v) is 5.53. The Bertz CT molecular complexity index is 602. The monoisotopic (exact) mass is 394 g/mol. The number of carboxylic acid groups (broad SMARTS) is 1. The first-order chi connectivity index (χ1) is 13.0.